The van der Waals surface area contributed by atoms with Gasteiger partial charge in [-0.3, -0.25) is 0 Å². The summed E-state index contributed by atoms with van der Waals surface area (Å²) in [4.78, 5) is 11.0. The standard InChI is InChI=1S/C13H20N4OS/c1-9-10(2)19-13-11(9)12(16-8-17-13)15-5-3-6-18-7-4-14/h8H,3-7,14H2,1-2H3,(H,15,16,17). The molecule has 2 heterocycles. The van der Waals surface area contributed by atoms with Gasteiger partial charge in [0.1, 0.15) is 17.0 Å². The molecule has 5 nitrogen and oxygen atoms in total. The Morgan fingerprint density at radius 1 is 1.32 bits per heavy atom. The van der Waals surface area contributed by atoms with Crippen LogP contribution >= 0.6 is 11.3 Å². The number of aryl methyl sites for hydroxylation is 2. The molecule has 0 aliphatic carbocycles. The van der Waals surface area contributed by atoms with E-state index < -0.39 is 0 Å². The number of ether oxygens (including phenoxy) is 1. The normalized spacial score (nSPS) is 11.1. The molecule has 2 rings (SSSR count). The first-order chi connectivity index (χ1) is 9.24. The molecule has 3 N–H and O–H groups in total. The smallest absolute Gasteiger partial charge is 0.138 e. The second kappa shape index (κ2) is 6.79. The zero-order chi connectivity index (χ0) is 13.7. The van der Waals surface area contributed by atoms with Gasteiger partial charge in [-0.15, -0.1) is 11.3 Å². The van der Waals surface area contributed by atoms with Crippen molar-refractivity contribution in [3.8, 4) is 0 Å². The Kier molecular flexibility index (Phi) is 5.07. The Balaban J connectivity index is 1.97. The van der Waals surface area contributed by atoms with Crippen molar-refractivity contribution in [1.29, 1.82) is 0 Å². The summed E-state index contributed by atoms with van der Waals surface area (Å²) in [6.07, 6.45) is 2.55. The van der Waals surface area contributed by atoms with Gasteiger partial charge in [-0.2, -0.15) is 0 Å². The monoisotopic (exact) mass is 280 g/mol. The van der Waals surface area contributed by atoms with E-state index in [0.717, 1.165) is 35.6 Å². The van der Waals surface area contributed by atoms with Crippen LogP contribution in [0, 0.1) is 13.8 Å². The van der Waals surface area contributed by atoms with Gasteiger partial charge in [0, 0.05) is 24.6 Å². The molecule has 0 atom stereocenters. The first-order valence-electron chi connectivity index (χ1n) is 6.46. The van der Waals surface area contributed by atoms with Gasteiger partial charge in [-0.05, 0) is 25.8 Å². The number of hydrogen-bond donors (Lipinski definition) is 2. The summed E-state index contributed by atoms with van der Waals surface area (Å²) >= 11 is 1.71. The highest BCUT2D eigenvalue weighted by atomic mass is 32.1. The van der Waals surface area contributed by atoms with Gasteiger partial charge in [0.15, 0.2) is 0 Å². The van der Waals surface area contributed by atoms with Crippen molar-refractivity contribution in [2.75, 3.05) is 31.6 Å². The summed E-state index contributed by atoms with van der Waals surface area (Å²) in [5.41, 5.74) is 6.63. The Morgan fingerprint density at radius 2 is 2.16 bits per heavy atom. The van der Waals surface area contributed by atoms with Crippen molar-refractivity contribution in [3.05, 3.63) is 16.8 Å². The highest BCUT2D eigenvalue weighted by Gasteiger charge is 2.11. The van der Waals surface area contributed by atoms with E-state index in [1.54, 1.807) is 17.7 Å². The quantitative estimate of drug-likeness (QED) is 0.760. The number of anilines is 1. The number of nitrogens with zero attached hydrogens (tertiary/aromatic N) is 2. The minimum atomic E-state index is 0.577. The fourth-order valence-corrected chi connectivity index (χ4v) is 2.88. The van der Waals surface area contributed by atoms with Crippen LogP contribution in [-0.2, 0) is 4.74 Å². The van der Waals surface area contributed by atoms with Crippen LogP contribution in [0.25, 0.3) is 10.2 Å². The molecule has 0 aromatic carbocycles. The Hall–Kier alpha value is -1.24. The van der Waals surface area contributed by atoms with E-state index >= 15 is 0 Å². The molecule has 0 spiro atoms. The molecule has 19 heavy (non-hydrogen) atoms. The van der Waals surface area contributed by atoms with Crippen LogP contribution in [0.15, 0.2) is 6.33 Å². The van der Waals surface area contributed by atoms with Crippen LogP contribution in [0.5, 0.6) is 0 Å². The number of nitrogens with two attached hydrogens (primary N) is 1. The van der Waals surface area contributed by atoms with Crippen molar-refractivity contribution in [2.45, 2.75) is 20.3 Å². The van der Waals surface area contributed by atoms with E-state index in [1.165, 1.54) is 10.4 Å². The fourth-order valence-electron chi connectivity index (χ4n) is 1.88. The van der Waals surface area contributed by atoms with E-state index in [0.29, 0.717) is 13.2 Å². The molecule has 0 aliphatic rings. The molecular weight excluding hydrogens is 260 g/mol. The summed E-state index contributed by atoms with van der Waals surface area (Å²) in [6, 6.07) is 0. The van der Waals surface area contributed by atoms with Crippen LogP contribution in [0.3, 0.4) is 0 Å². The zero-order valence-electron chi connectivity index (χ0n) is 11.4. The van der Waals surface area contributed by atoms with E-state index in [1.807, 2.05) is 0 Å². The number of fused-ring (bicyclic) bond motifs is 1. The maximum absolute atomic E-state index is 5.36. The summed E-state index contributed by atoms with van der Waals surface area (Å²) < 4.78 is 5.34. The number of aromatic nitrogens is 2. The molecule has 6 heteroatoms. The second-order valence-electron chi connectivity index (χ2n) is 4.37. The minimum Gasteiger partial charge on any atom is -0.380 e. The molecule has 0 fully saturated rings. The Morgan fingerprint density at radius 3 is 2.95 bits per heavy atom. The number of thiophene rings is 1. The molecule has 0 unspecified atom stereocenters. The summed E-state index contributed by atoms with van der Waals surface area (Å²) in [5.74, 6) is 0.922. The first kappa shape index (κ1) is 14.2. The number of rotatable bonds is 7. The molecule has 2 aromatic rings. The van der Waals surface area contributed by atoms with Gasteiger partial charge in [-0.25, -0.2) is 9.97 Å². The van der Waals surface area contributed by atoms with Crippen molar-refractivity contribution in [1.82, 2.24) is 9.97 Å². The highest BCUT2D eigenvalue weighted by molar-refractivity contribution is 7.18. The van der Waals surface area contributed by atoms with Gasteiger partial charge in [0.05, 0.1) is 12.0 Å². The topological polar surface area (TPSA) is 73.1 Å². The lowest BCUT2D eigenvalue weighted by atomic mass is 10.2. The van der Waals surface area contributed by atoms with Gasteiger partial charge in [-0.1, -0.05) is 0 Å². The number of hydrogen-bond acceptors (Lipinski definition) is 6. The van der Waals surface area contributed by atoms with Crippen molar-refractivity contribution in [2.24, 2.45) is 5.73 Å². The zero-order valence-corrected chi connectivity index (χ0v) is 12.2. The van der Waals surface area contributed by atoms with Crippen LogP contribution in [-0.4, -0.2) is 36.3 Å². The maximum Gasteiger partial charge on any atom is 0.138 e. The van der Waals surface area contributed by atoms with Crippen LogP contribution in [0.1, 0.15) is 16.9 Å². The first-order valence-corrected chi connectivity index (χ1v) is 7.28. The molecule has 2 aromatic heterocycles. The molecular formula is C13H20N4OS. The molecule has 0 radical (unpaired) electrons. The molecule has 0 saturated heterocycles. The van der Waals surface area contributed by atoms with E-state index in [4.69, 9.17) is 10.5 Å². The van der Waals surface area contributed by atoms with E-state index in [2.05, 4.69) is 29.1 Å². The minimum absolute atomic E-state index is 0.577. The predicted octanol–water partition coefficient (Wildman–Crippen LogP) is 2.09. The molecule has 0 bridgehead atoms. The molecule has 0 amide bonds. The van der Waals surface area contributed by atoms with Gasteiger partial charge in [0.2, 0.25) is 0 Å². The van der Waals surface area contributed by atoms with Crippen LogP contribution in [0.2, 0.25) is 0 Å². The van der Waals surface area contributed by atoms with Gasteiger partial charge in [0.25, 0.3) is 0 Å². The van der Waals surface area contributed by atoms with E-state index in [-0.39, 0.29) is 0 Å². The predicted molar refractivity (Wildman–Crippen MR) is 79.9 cm³/mol. The van der Waals surface area contributed by atoms with Crippen molar-refractivity contribution < 1.29 is 4.74 Å². The lowest BCUT2D eigenvalue weighted by molar-refractivity contribution is 0.141. The van der Waals surface area contributed by atoms with Crippen molar-refractivity contribution >= 4 is 27.4 Å². The van der Waals surface area contributed by atoms with Crippen LogP contribution in [0.4, 0.5) is 5.82 Å². The second-order valence-corrected chi connectivity index (χ2v) is 5.57. The van der Waals surface area contributed by atoms with Gasteiger partial charge < -0.3 is 15.8 Å². The maximum atomic E-state index is 5.36. The van der Waals surface area contributed by atoms with E-state index in [9.17, 15) is 0 Å². The molecule has 104 valence electrons. The third-order valence-electron chi connectivity index (χ3n) is 2.99. The fraction of sp³-hybridized carbons (Fsp3) is 0.538. The Labute approximate surface area is 117 Å². The lowest BCUT2D eigenvalue weighted by Crippen LogP contribution is -2.12. The van der Waals surface area contributed by atoms with Gasteiger partial charge >= 0.3 is 0 Å². The van der Waals surface area contributed by atoms with Crippen LogP contribution < -0.4 is 11.1 Å². The summed E-state index contributed by atoms with van der Waals surface area (Å²) in [7, 11) is 0. The number of nitrogens with one attached hydrogen (secondary N) is 1. The average Bonchev–Trinajstić information content (AvgIpc) is 2.70. The summed E-state index contributed by atoms with van der Waals surface area (Å²) in [6.45, 7) is 7.00. The third kappa shape index (κ3) is 3.40. The molecule has 0 saturated carbocycles. The third-order valence-corrected chi connectivity index (χ3v) is 4.10. The molecule has 0 aliphatic heterocycles. The SMILES string of the molecule is Cc1sc2ncnc(NCCCOCCN)c2c1C. The largest absolute Gasteiger partial charge is 0.380 e. The summed E-state index contributed by atoms with van der Waals surface area (Å²) in [5, 5.41) is 4.51. The highest BCUT2D eigenvalue weighted by Crippen LogP contribution is 2.32. The Bertz CT molecular complexity index is 541. The van der Waals surface area contributed by atoms with Crippen molar-refractivity contribution in [3.63, 3.8) is 0 Å². The lowest BCUT2D eigenvalue weighted by Gasteiger charge is -2.07. The average molecular weight is 280 g/mol.